The smallest absolute Gasteiger partial charge is 0.303 e. The molecule has 0 radical (unpaired) electrons. The molecule has 2 aromatic carbocycles. The molecule has 1 saturated heterocycles. The van der Waals surface area contributed by atoms with E-state index < -0.39 is 36.9 Å². The van der Waals surface area contributed by atoms with Gasteiger partial charge >= 0.3 is 5.92 Å². The molecule has 0 bridgehead atoms. The van der Waals surface area contributed by atoms with Gasteiger partial charge in [0.1, 0.15) is 30.2 Å². The Morgan fingerprint density at radius 2 is 1.94 bits per heavy atom. The lowest BCUT2D eigenvalue weighted by Gasteiger charge is -2.42. The predicted octanol–water partition coefficient (Wildman–Crippen LogP) is 3.94. The molecular weight excluding hydrogens is 450 g/mol. The topological polar surface area (TPSA) is 79.2 Å². The quantitative estimate of drug-likeness (QED) is 0.526. The number of methoxy groups -OCH3 is 1. The second kappa shape index (κ2) is 8.61. The van der Waals surface area contributed by atoms with E-state index in [0.29, 0.717) is 17.0 Å². The Labute approximate surface area is 186 Å². The molecule has 0 amide bonds. The zero-order valence-corrected chi connectivity index (χ0v) is 18.0. The van der Waals surface area contributed by atoms with E-state index in [1.54, 1.807) is 17.4 Å². The highest BCUT2D eigenvalue weighted by Crippen LogP contribution is 2.44. The highest BCUT2D eigenvalue weighted by atomic mass is 35.5. The van der Waals surface area contributed by atoms with Crippen LogP contribution in [0.4, 0.5) is 8.78 Å². The molecule has 3 N–H and O–H groups in total. The number of thiophene rings is 1. The Balaban J connectivity index is 1.72. The van der Waals surface area contributed by atoms with Gasteiger partial charge < -0.3 is 24.8 Å². The summed E-state index contributed by atoms with van der Waals surface area (Å²) in [7, 11) is 1.38. The Kier molecular flexibility index (Phi) is 6.22. The number of hydrogen-bond donors (Lipinski definition) is 3. The monoisotopic (exact) mass is 470 g/mol. The van der Waals surface area contributed by atoms with Gasteiger partial charge in [-0.2, -0.15) is 0 Å². The van der Waals surface area contributed by atoms with Crippen molar-refractivity contribution in [3.8, 4) is 5.75 Å². The van der Waals surface area contributed by atoms with Gasteiger partial charge in [-0.05, 0) is 35.2 Å². The zero-order valence-electron chi connectivity index (χ0n) is 16.5. The molecule has 4 atom stereocenters. The molecule has 5 nitrogen and oxygen atoms in total. The maximum atomic E-state index is 14.2. The minimum atomic E-state index is -3.80. The lowest BCUT2D eigenvalue weighted by atomic mass is 9.89. The van der Waals surface area contributed by atoms with E-state index >= 15 is 0 Å². The molecule has 2 heterocycles. The highest BCUT2D eigenvalue weighted by molar-refractivity contribution is 7.19. The molecule has 1 aliphatic heterocycles. The highest BCUT2D eigenvalue weighted by Gasteiger charge is 2.57. The van der Waals surface area contributed by atoms with Crippen LogP contribution in [-0.4, -0.2) is 53.3 Å². The number of aliphatic hydroxyl groups excluding tert-OH is 3. The second-order valence-corrected chi connectivity index (χ2v) is 9.03. The molecule has 1 fully saturated rings. The van der Waals surface area contributed by atoms with Crippen molar-refractivity contribution in [1.29, 1.82) is 0 Å². The normalized spacial score (nSPS) is 25.6. The first-order chi connectivity index (χ1) is 14.8. The Bertz CT molecular complexity index is 1050. The molecule has 0 aliphatic carbocycles. The lowest BCUT2D eigenvalue weighted by molar-refractivity contribution is -0.296. The second-order valence-electron chi connectivity index (χ2n) is 7.45. The predicted molar refractivity (Wildman–Crippen MR) is 114 cm³/mol. The minimum Gasteiger partial charge on any atom is -0.496 e. The first-order valence-electron chi connectivity index (χ1n) is 9.60. The largest absolute Gasteiger partial charge is 0.496 e. The van der Waals surface area contributed by atoms with Gasteiger partial charge in [0, 0.05) is 26.6 Å². The average Bonchev–Trinajstić information content (AvgIpc) is 3.16. The van der Waals surface area contributed by atoms with Gasteiger partial charge in [-0.15, -0.1) is 11.3 Å². The maximum Gasteiger partial charge on any atom is 0.303 e. The standard InChI is InChI=1S/C22H21ClF2O5S/c1-29-16-9-15(23)12(7-13-6-11-4-2-3-5-17(11)31-13)8-14(16)20-19(27)21(28)22(24,25)18(10-26)30-20/h2-6,8-9,18-21,26-28H,7,10H2,1H3/t18-,19+,20+,21-/m1/s1. The van der Waals surface area contributed by atoms with Crippen molar-refractivity contribution in [2.45, 2.75) is 36.8 Å². The number of aliphatic hydroxyl groups is 3. The summed E-state index contributed by atoms with van der Waals surface area (Å²) < 4.78 is 40.1. The van der Waals surface area contributed by atoms with Gasteiger partial charge in [0.2, 0.25) is 0 Å². The maximum absolute atomic E-state index is 14.2. The third-order valence-electron chi connectivity index (χ3n) is 5.48. The minimum absolute atomic E-state index is 0.225. The molecule has 0 spiro atoms. The Morgan fingerprint density at radius 1 is 1.19 bits per heavy atom. The van der Waals surface area contributed by atoms with E-state index in [9.17, 15) is 24.1 Å². The van der Waals surface area contributed by atoms with Crippen LogP contribution < -0.4 is 4.74 Å². The molecule has 0 unspecified atom stereocenters. The molecule has 4 rings (SSSR count). The summed E-state index contributed by atoms with van der Waals surface area (Å²) in [5.74, 6) is -3.58. The number of alkyl halides is 2. The van der Waals surface area contributed by atoms with Gasteiger partial charge in [0.15, 0.2) is 0 Å². The number of benzene rings is 2. The third-order valence-corrected chi connectivity index (χ3v) is 6.95. The fourth-order valence-electron chi connectivity index (χ4n) is 3.82. The third kappa shape index (κ3) is 4.04. The van der Waals surface area contributed by atoms with Crippen LogP contribution in [0, 0.1) is 0 Å². The molecular formula is C22H21ClF2O5S. The molecule has 0 saturated carbocycles. The molecule has 1 aliphatic rings. The van der Waals surface area contributed by atoms with Gasteiger partial charge in [-0.1, -0.05) is 29.8 Å². The van der Waals surface area contributed by atoms with Crippen LogP contribution in [0.15, 0.2) is 42.5 Å². The SMILES string of the molecule is COc1cc(Cl)c(Cc2cc3ccccc3s2)cc1[C@@H]1O[C@H](CO)C(F)(F)[C@H](O)[C@H]1O. The van der Waals surface area contributed by atoms with Crippen molar-refractivity contribution >= 4 is 33.0 Å². The molecule has 166 valence electrons. The number of fused-ring (bicyclic) bond motifs is 1. The molecule has 3 aromatic rings. The van der Waals surface area contributed by atoms with Crippen LogP contribution in [0.3, 0.4) is 0 Å². The molecule has 1 aromatic heterocycles. The van der Waals surface area contributed by atoms with Crippen LogP contribution in [0.2, 0.25) is 5.02 Å². The van der Waals surface area contributed by atoms with Crippen LogP contribution >= 0.6 is 22.9 Å². The van der Waals surface area contributed by atoms with Crippen LogP contribution in [-0.2, 0) is 11.2 Å². The Hall–Kier alpha value is -1.81. The van der Waals surface area contributed by atoms with Crippen molar-refractivity contribution in [3.05, 3.63) is 63.5 Å². The number of hydrogen-bond acceptors (Lipinski definition) is 6. The van der Waals surface area contributed by atoms with E-state index in [2.05, 4.69) is 6.07 Å². The van der Waals surface area contributed by atoms with E-state index in [0.717, 1.165) is 15.0 Å². The summed E-state index contributed by atoms with van der Waals surface area (Å²) in [6.45, 7) is -1.02. The van der Waals surface area contributed by atoms with Gasteiger partial charge in [-0.3, -0.25) is 0 Å². The lowest BCUT2D eigenvalue weighted by Crippen LogP contribution is -2.59. The summed E-state index contributed by atoms with van der Waals surface area (Å²) in [5, 5.41) is 31.2. The number of halogens is 3. The van der Waals surface area contributed by atoms with Crippen LogP contribution in [0.5, 0.6) is 5.75 Å². The number of ether oxygens (including phenoxy) is 2. The number of rotatable bonds is 5. The van der Waals surface area contributed by atoms with Crippen LogP contribution in [0.25, 0.3) is 10.1 Å². The van der Waals surface area contributed by atoms with E-state index in [4.69, 9.17) is 21.1 Å². The van der Waals surface area contributed by atoms with Crippen molar-refractivity contribution in [3.63, 3.8) is 0 Å². The van der Waals surface area contributed by atoms with E-state index in [1.807, 2.05) is 24.3 Å². The zero-order chi connectivity index (χ0) is 22.3. The van der Waals surface area contributed by atoms with Crippen molar-refractivity contribution < 1.29 is 33.6 Å². The summed E-state index contributed by atoms with van der Waals surface area (Å²) in [6, 6.07) is 13.2. The molecule has 9 heteroatoms. The fourth-order valence-corrected chi connectivity index (χ4v) is 5.13. The summed E-state index contributed by atoms with van der Waals surface area (Å²) in [5.41, 5.74) is 0.954. The summed E-state index contributed by atoms with van der Waals surface area (Å²) >= 11 is 8.06. The fraction of sp³-hybridized carbons (Fsp3) is 0.364. The molecule has 31 heavy (non-hydrogen) atoms. The van der Waals surface area contributed by atoms with Gasteiger partial charge in [0.05, 0.1) is 13.7 Å². The Morgan fingerprint density at radius 3 is 2.61 bits per heavy atom. The van der Waals surface area contributed by atoms with Gasteiger partial charge in [-0.25, -0.2) is 8.78 Å². The van der Waals surface area contributed by atoms with E-state index in [-0.39, 0.29) is 11.3 Å². The van der Waals surface area contributed by atoms with Crippen molar-refractivity contribution in [1.82, 2.24) is 0 Å². The van der Waals surface area contributed by atoms with Gasteiger partial charge in [0.25, 0.3) is 0 Å². The summed E-state index contributed by atoms with van der Waals surface area (Å²) in [6.07, 6.45) is -7.16. The first kappa shape index (κ1) is 22.4. The van der Waals surface area contributed by atoms with Crippen molar-refractivity contribution in [2.75, 3.05) is 13.7 Å². The average molecular weight is 471 g/mol. The summed E-state index contributed by atoms with van der Waals surface area (Å²) in [4.78, 5) is 1.05. The first-order valence-corrected chi connectivity index (χ1v) is 10.8. The van der Waals surface area contributed by atoms with E-state index in [1.165, 1.54) is 13.2 Å². The van der Waals surface area contributed by atoms with Crippen LogP contribution in [0.1, 0.15) is 22.1 Å². The van der Waals surface area contributed by atoms with Crippen molar-refractivity contribution in [2.24, 2.45) is 0 Å².